The fourth-order valence-electron chi connectivity index (χ4n) is 2.31. The van der Waals surface area contributed by atoms with E-state index in [-0.39, 0.29) is 0 Å². The van der Waals surface area contributed by atoms with Crippen LogP contribution in [0.4, 0.5) is 0 Å². The minimum atomic E-state index is 0.514. The van der Waals surface area contributed by atoms with Crippen LogP contribution in [0.1, 0.15) is 53.0 Å². The van der Waals surface area contributed by atoms with Gasteiger partial charge < -0.3 is 5.32 Å². The molecule has 114 valence electrons. The fraction of sp³-hybridized carbons (Fsp3) is 0.500. The van der Waals surface area contributed by atoms with Crippen molar-refractivity contribution in [2.24, 2.45) is 0 Å². The number of nitrogens with zero attached hydrogens (tertiary/aromatic N) is 1. The van der Waals surface area contributed by atoms with Crippen LogP contribution in [0.15, 0.2) is 18.2 Å². The molecule has 0 aliphatic rings. The Morgan fingerprint density at radius 2 is 1.95 bits per heavy atom. The average molecular weight is 302 g/mol. The van der Waals surface area contributed by atoms with Crippen molar-refractivity contribution >= 4 is 11.3 Å². The van der Waals surface area contributed by atoms with Gasteiger partial charge in [0.1, 0.15) is 0 Å². The maximum absolute atomic E-state index is 4.83. The first-order chi connectivity index (χ1) is 9.99. The van der Waals surface area contributed by atoms with Crippen molar-refractivity contribution in [3.63, 3.8) is 0 Å². The second-order valence-corrected chi connectivity index (χ2v) is 7.13. The highest BCUT2D eigenvalue weighted by Crippen LogP contribution is 2.23. The Hall–Kier alpha value is -1.19. The van der Waals surface area contributed by atoms with E-state index < -0.39 is 0 Å². The summed E-state index contributed by atoms with van der Waals surface area (Å²) in [7, 11) is 0. The molecule has 1 aromatic heterocycles. The third kappa shape index (κ3) is 4.39. The quantitative estimate of drug-likeness (QED) is 0.855. The summed E-state index contributed by atoms with van der Waals surface area (Å²) in [6.07, 6.45) is 1.96. The highest BCUT2D eigenvalue weighted by atomic mass is 32.1. The van der Waals surface area contributed by atoms with Gasteiger partial charge in [0.2, 0.25) is 0 Å². The molecule has 21 heavy (non-hydrogen) atoms. The van der Waals surface area contributed by atoms with Gasteiger partial charge >= 0.3 is 0 Å². The van der Waals surface area contributed by atoms with Crippen molar-refractivity contribution in [3.8, 4) is 0 Å². The monoisotopic (exact) mass is 302 g/mol. The molecule has 0 radical (unpaired) electrons. The topological polar surface area (TPSA) is 24.9 Å². The van der Waals surface area contributed by atoms with Crippen molar-refractivity contribution in [1.82, 2.24) is 10.3 Å². The maximum atomic E-state index is 4.83. The molecule has 2 nitrogen and oxygen atoms in total. The predicted octanol–water partition coefficient (Wildman–Crippen LogP) is 4.41. The number of hydrogen-bond donors (Lipinski definition) is 1. The summed E-state index contributed by atoms with van der Waals surface area (Å²) < 4.78 is 0. The Labute approximate surface area is 132 Å². The third-order valence-electron chi connectivity index (χ3n) is 3.75. The number of rotatable bonds is 6. The van der Waals surface area contributed by atoms with Crippen LogP contribution in [0, 0.1) is 13.8 Å². The lowest BCUT2D eigenvalue weighted by atomic mass is 10.0. The second kappa shape index (κ2) is 7.19. The maximum Gasteiger partial charge on any atom is 0.0975 e. The largest absolute Gasteiger partial charge is 0.310 e. The Kier molecular flexibility index (Phi) is 5.54. The molecule has 0 bridgehead atoms. The van der Waals surface area contributed by atoms with E-state index in [4.69, 9.17) is 4.98 Å². The average Bonchev–Trinajstić information content (AvgIpc) is 2.82. The normalized spacial score (nSPS) is 11.3. The van der Waals surface area contributed by atoms with Gasteiger partial charge in [-0.1, -0.05) is 39.0 Å². The van der Waals surface area contributed by atoms with Crippen LogP contribution >= 0.6 is 11.3 Å². The van der Waals surface area contributed by atoms with Crippen LogP contribution in [-0.4, -0.2) is 11.0 Å². The molecule has 0 aliphatic carbocycles. The molecule has 1 heterocycles. The first-order valence-electron chi connectivity index (χ1n) is 7.76. The van der Waals surface area contributed by atoms with Crippen molar-refractivity contribution in [3.05, 3.63) is 50.5 Å². The molecule has 0 saturated carbocycles. The van der Waals surface area contributed by atoms with Gasteiger partial charge in [-0.2, -0.15) is 0 Å². The van der Waals surface area contributed by atoms with Crippen LogP contribution in [0.2, 0.25) is 0 Å². The Balaban J connectivity index is 2.14. The van der Waals surface area contributed by atoms with Crippen LogP contribution in [0.25, 0.3) is 0 Å². The molecule has 0 aliphatic heterocycles. The second-order valence-electron chi connectivity index (χ2n) is 5.96. The van der Waals surface area contributed by atoms with Gasteiger partial charge in [-0.15, -0.1) is 11.3 Å². The number of nitrogens with one attached hydrogen (secondary N) is 1. The zero-order valence-electron chi connectivity index (χ0n) is 13.8. The van der Waals surface area contributed by atoms with E-state index in [1.807, 2.05) is 11.3 Å². The Morgan fingerprint density at radius 3 is 2.57 bits per heavy atom. The lowest BCUT2D eigenvalue weighted by Crippen LogP contribution is -2.21. The Bertz CT molecular complexity index is 599. The van der Waals surface area contributed by atoms with E-state index in [1.54, 1.807) is 0 Å². The predicted molar refractivity (Wildman–Crippen MR) is 92.2 cm³/mol. The lowest BCUT2D eigenvalue weighted by molar-refractivity contribution is 0.590. The van der Waals surface area contributed by atoms with Crippen molar-refractivity contribution in [2.75, 3.05) is 0 Å². The number of thiazole rings is 1. The highest BCUT2D eigenvalue weighted by molar-refractivity contribution is 7.11. The summed E-state index contributed by atoms with van der Waals surface area (Å²) in [6, 6.07) is 7.23. The van der Waals surface area contributed by atoms with Gasteiger partial charge in [0.05, 0.1) is 10.7 Å². The van der Waals surface area contributed by atoms with E-state index in [0.29, 0.717) is 6.04 Å². The zero-order valence-corrected chi connectivity index (χ0v) is 14.6. The van der Waals surface area contributed by atoms with Gasteiger partial charge in [0, 0.05) is 23.9 Å². The summed E-state index contributed by atoms with van der Waals surface area (Å²) in [5, 5.41) is 4.73. The van der Waals surface area contributed by atoms with Gasteiger partial charge in [-0.05, 0) is 37.0 Å². The van der Waals surface area contributed by atoms with E-state index in [9.17, 15) is 0 Å². The summed E-state index contributed by atoms with van der Waals surface area (Å²) in [5.41, 5.74) is 5.33. The third-order valence-corrected chi connectivity index (χ3v) is 4.85. The summed E-state index contributed by atoms with van der Waals surface area (Å²) >= 11 is 1.86. The first-order valence-corrected chi connectivity index (χ1v) is 8.58. The fourth-order valence-corrected chi connectivity index (χ4v) is 3.45. The molecule has 2 aromatic rings. The summed E-state index contributed by atoms with van der Waals surface area (Å²) in [6.45, 7) is 11.8. The van der Waals surface area contributed by atoms with Crippen molar-refractivity contribution < 1.29 is 0 Å². The van der Waals surface area contributed by atoms with Gasteiger partial charge in [-0.25, -0.2) is 4.98 Å². The van der Waals surface area contributed by atoms with Crippen LogP contribution in [-0.2, 0) is 19.4 Å². The van der Waals surface area contributed by atoms with E-state index in [0.717, 1.165) is 19.4 Å². The molecular weight excluding hydrogens is 276 g/mol. The standard InChI is InChI=1S/C18H26N2S/c1-6-16-17(11-19-12(2)3)21-18(20-16)10-15-8-7-13(4)14(5)9-15/h7-9,12,19H,6,10-11H2,1-5H3. The van der Waals surface area contributed by atoms with Crippen LogP contribution in [0.3, 0.4) is 0 Å². The van der Waals surface area contributed by atoms with Gasteiger partial charge in [-0.3, -0.25) is 0 Å². The first kappa shape index (κ1) is 16.2. The SMILES string of the molecule is CCc1nc(Cc2ccc(C)c(C)c2)sc1CNC(C)C. The molecule has 1 N–H and O–H groups in total. The van der Waals surface area contributed by atoms with Gasteiger partial charge in [0.25, 0.3) is 0 Å². The molecule has 1 aromatic carbocycles. The molecular formula is C18H26N2S. The summed E-state index contributed by atoms with van der Waals surface area (Å²) in [5.74, 6) is 0. The molecule has 0 saturated heterocycles. The number of aromatic nitrogens is 1. The molecule has 0 spiro atoms. The van der Waals surface area contributed by atoms with Crippen molar-refractivity contribution in [1.29, 1.82) is 0 Å². The lowest BCUT2D eigenvalue weighted by Gasteiger charge is -2.06. The summed E-state index contributed by atoms with van der Waals surface area (Å²) in [4.78, 5) is 6.23. The molecule has 0 fully saturated rings. The van der Waals surface area contributed by atoms with Crippen molar-refractivity contribution in [2.45, 2.75) is 60.0 Å². The van der Waals surface area contributed by atoms with E-state index in [1.165, 1.54) is 32.3 Å². The zero-order chi connectivity index (χ0) is 15.4. The number of aryl methyl sites for hydroxylation is 3. The molecule has 0 amide bonds. The minimum absolute atomic E-state index is 0.514. The number of hydrogen-bond acceptors (Lipinski definition) is 3. The van der Waals surface area contributed by atoms with E-state index >= 15 is 0 Å². The minimum Gasteiger partial charge on any atom is -0.310 e. The smallest absolute Gasteiger partial charge is 0.0975 e. The van der Waals surface area contributed by atoms with Crippen LogP contribution < -0.4 is 5.32 Å². The number of benzene rings is 1. The van der Waals surface area contributed by atoms with Crippen LogP contribution in [0.5, 0.6) is 0 Å². The molecule has 0 unspecified atom stereocenters. The van der Waals surface area contributed by atoms with E-state index in [2.05, 4.69) is 58.1 Å². The highest BCUT2D eigenvalue weighted by Gasteiger charge is 2.11. The molecule has 3 heteroatoms. The molecule has 2 rings (SSSR count). The van der Waals surface area contributed by atoms with Gasteiger partial charge in [0.15, 0.2) is 0 Å². The Morgan fingerprint density at radius 1 is 1.19 bits per heavy atom. The molecule has 0 atom stereocenters.